The van der Waals surface area contributed by atoms with Crippen LogP contribution in [0.1, 0.15) is 10.4 Å². The van der Waals surface area contributed by atoms with Gasteiger partial charge >= 0.3 is 5.97 Å². The third-order valence-electron chi connectivity index (χ3n) is 3.12. The normalized spacial score (nSPS) is 10.3. The molecule has 0 bridgehead atoms. The Morgan fingerprint density at radius 1 is 1.09 bits per heavy atom. The standard InChI is InChI=1S/C17H12ClN3O2/c18-13-5-1-3-11(9-13)16-19-8-7-15(21-16)20-14-6-2-4-12(10-14)17(22)23/h1-10H,(H,22,23)(H,19,20,21). The minimum Gasteiger partial charge on any atom is -0.478 e. The number of benzene rings is 2. The Labute approximate surface area is 137 Å². The summed E-state index contributed by atoms with van der Waals surface area (Å²) in [5.74, 6) is 0.125. The number of aromatic nitrogens is 2. The second-order valence-corrected chi connectivity index (χ2v) is 5.22. The lowest BCUT2D eigenvalue weighted by Crippen LogP contribution is -2.00. The molecule has 0 aliphatic heterocycles. The average Bonchev–Trinajstić information content (AvgIpc) is 2.55. The number of rotatable bonds is 4. The molecule has 5 nitrogen and oxygen atoms in total. The maximum Gasteiger partial charge on any atom is 0.335 e. The Kier molecular flexibility index (Phi) is 4.21. The Morgan fingerprint density at radius 3 is 2.70 bits per heavy atom. The average molecular weight is 326 g/mol. The van der Waals surface area contributed by atoms with Crippen molar-refractivity contribution in [3.8, 4) is 11.4 Å². The van der Waals surface area contributed by atoms with Gasteiger partial charge < -0.3 is 10.4 Å². The lowest BCUT2D eigenvalue weighted by molar-refractivity contribution is 0.0697. The first kappa shape index (κ1) is 15.0. The van der Waals surface area contributed by atoms with Crippen LogP contribution < -0.4 is 5.32 Å². The summed E-state index contributed by atoms with van der Waals surface area (Å²) >= 11 is 5.98. The van der Waals surface area contributed by atoms with Crippen LogP contribution in [0.25, 0.3) is 11.4 Å². The van der Waals surface area contributed by atoms with Crippen molar-refractivity contribution in [2.45, 2.75) is 0 Å². The molecule has 0 aliphatic carbocycles. The van der Waals surface area contributed by atoms with E-state index in [2.05, 4.69) is 15.3 Å². The van der Waals surface area contributed by atoms with Crippen LogP contribution in [-0.2, 0) is 0 Å². The van der Waals surface area contributed by atoms with Gasteiger partial charge in [-0.2, -0.15) is 0 Å². The largest absolute Gasteiger partial charge is 0.478 e. The van der Waals surface area contributed by atoms with Crippen molar-refractivity contribution in [1.29, 1.82) is 0 Å². The van der Waals surface area contributed by atoms with E-state index in [0.29, 0.717) is 22.4 Å². The molecule has 2 aromatic carbocycles. The molecular formula is C17H12ClN3O2. The number of halogens is 1. The number of hydrogen-bond acceptors (Lipinski definition) is 4. The summed E-state index contributed by atoms with van der Waals surface area (Å²) in [4.78, 5) is 19.7. The zero-order chi connectivity index (χ0) is 16.2. The zero-order valence-corrected chi connectivity index (χ0v) is 12.7. The fourth-order valence-electron chi connectivity index (χ4n) is 2.07. The zero-order valence-electron chi connectivity index (χ0n) is 11.9. The monoisotopic (exact) mass is 325 g/mol. The van der Waals surface area contributed by atoms with E-state index in [-0.39, 0.29) is 5.56 Å². The minimum atomic E-state index is -0.976. The van der Waals surface area contributed by atoms with Crippen LogP contribution in [0.3, 0.4) is 0 Å². The highest BCUT2D eigenvalue weighted by molar-refractivity contribution is 6.30. The number of anilines is 2. The summed E-state index contributed by atoms with van der Waals surface area (Å²) in [6, 6.07) is 15.5. The lowest BCUT2D eigenvalue weighted by atomic mass is 10.2. The molecule has 6 heteroatoms. The van der Waals surface area contributed by atoms with E-state index >= 15 is 0 Å². The third-order valence-corrected chi connectivity index (χ3v) is 3.36. The van der Waals surface area contributed by atoms with Crippen molar-refractivity contribution >= 4 is 29.1 Å². The molecule has 1 heterocycles. The van der Waals surface area contributed by atoms with Crippen molar-refractivity contribution in [1.82, 2.24) is 9.97 Å². The van der Waals surface area contributed by atoms with E-state index in [1.54, 1.807) is 42.6 Å². The molecule has 0 radical (unpaired) electrons. The predicted molar refractivity (Wildman–Crippen MR) is 89.2 cm³/mol. The van der Waals surface area contributed by atoms with E-state index in [9.17, 15) is 4.79 Å². The van der Waals surface area contributed by atoms with E-state index in [1.807, 2.05) is 12.1 Å². The van der Waals surface area contributed by atoms with Gasteiger partial charge in [0.2, 0.25) is 0 Å². The Hall–Kier alpha value is -2.92. The minimum absolute atomic E-state index is 0.208. The van der Waals surface area contributed by atoms with E-state index in [0.717, 1.165) is 5.56 Å². The fraction of sp³-hybridized carbons (Fsp3) is 0. The van der Waals surface area contributed by atoms with Crippen molar-refractivity contribution in [2.24, 2.45) is 0 Å². The molecule has 0 unspecified atom stereocenters. The Morgan fingerprint density at radius 2 is 1.91 bits per heavy atom. The second kappa shape index (κ2) is 6.46. The molecular weight excluding hydrogens is 314 g/mol. The highest BCUT2D eigenvalue weighted by atomic mass is 35.5. The topological polar surface area (TPSA) is 75.1 Å². The third kappa shape index (κ3) is 3.64. The number of carboxylic acid groups (broad SMARTS) is 1. The van der Waals surface area contributed by atoms with Crippen LogP contribution in [0, 0.1) is 0 Å². The fourth-order valence-corrected chi connectivity index (χ4v) is 2.26. The molecule has 0 amide bonds. The molecule has 23 heavy (non-hydrogen) atoms. The summed E-state index contributed by atoms with van der Waals surface area (Å²) in [5, 5.41) is 12.7. The first-order valence-corrected chi connectivity index (χ1v) is 7.19. The van der Waals surface area contributed by atoms with Gasteiger partial charge in [-0.1, -0.05) is 29.8 Å². The molecule has 1 aromatic heterocycles. The number of aromatic carboxylic acids is 1. The maximum absolute atomic E-state index is 11.0. The van der Waals surface area contributed by atoms with E-state index < -0.39 is 5.97 Å². The Balaban J connectivity index is 1.88. The van der Waals surface area contributed by atoms with E-state index in [1.165, 1.54) is 6.07 Å². The van der Waals surface area contributed by atoms with Gasteiger partial charge in [-0.05, 0) is 36.4 Å². The van der Waals surface area contributed by atoms with Crippen LogP contribution in [0.15, 0.2) is 60.8 Å². The quantitative estimate of drug-likeness (QED) is 0.750. The van der Waals surface area contributed by atoms with Crippen LogP contribution in [-0.4, -0.2) is 21.0 Å². The molecule has 0 spiro atoms. The van der Waals surface area contributed by atoms with Crippen LogP contribution >= 0.6 is 11.6 Å². The van der Waals surface area contributed by atoms with Gasteiger partial charge in [0.05, 0.1) is 5.56 Å². The summed E-state index contributed by atoms with van der Waals surface area (Å²) < 4.78 is 0. The molecule has 0 aliphatic rings. The maximum atomic E-state index is 11.0. The molecule has 114 valence electrons. The smallest absolute Gasteiger partial charge is 0.335 e. The molecule has 0 atom stereocenters. The van der Waals surface area contributed by atoms with Gasteiger partial charge in [0.15, 0.2) is 5.82 Å². The number of carboxylic acids is 1. The first-order chi connectivity index (χ1) is 11.1. The number of nitrogens with one attached hydrogen (secondary N) is 1. The van der Waals surface area contributed by atoms with Gasteiger partial charge in [-0.3, -0.25) is 0 Å². The highest BCUT2D eigenvalue weighted by Gasteiger charge is 2.06. The first-order valence-electron chi connectivity index (χ1n) is 6.81. The predicted octanol–water partition coefficient (Wildman–Crippen LogP) is 4.24. The van der Waals surface area contributed by atoms with E-state index in [4.69, 9.17) is 16.7 Å². The molecule has 0 saturated heterocycles. The molecule has 2 N–H and O–H groups in total. The van der Waals surface area contributed by atoms with Crippen LogP contribution in [0.2, 0.25) is 5.02 Å². The molecule has 3 rings (SSSR count). The van der Waals surface area contributed by atoms with Crippen molar-refractivity contribution in [3.63, 3.8) is 0 Å². The van der Waals surface area contributed by atoms with Gasteiger partial charge in [0.1, 0.15) is 5.82 Å². The number of hydrogen-bond donors (Lipinski definition) is 2. The molecule has 0 saturated carbocycles. The number of nitrogens with zero attached hydrogens (tertiary/aromatic N) is 2. The lowest BCUT2D eigenvalue weighted by Gasteiger charge is -2.08. The van der Waals surface area contributed by atoms with Crippen molar-refractivity contribution < 1.29 is 9.90 Å². The number of carbonyl (C=O) groups is 1. The van der Waals surface area contributed by atoms with Gasteiger partial charge in [-0.25, -0.2) is 14.8 Å². The summed E-state index contributed by atoms with van der Waals surface area (Å²) in [6.07, 6.45) is 1.63. The summed E-state index contributed by atoms with van der Waals surface area (Å²) in [6.45, 7) is 0. The SMILES string of the molecule is O=C(O)c1cccc(Nc2ccnc(-c3cccc(Cl)c3)n2)c1. The van der Waals surface area contributed by atoms with Gasteiger partial charge in [0.25, 0.3) is 0 Å². The molecule has 0 fully saturated rings. The Bertz CT molecular complexity index is 868. The summed E-state index contributed by atoms with van der Waals surface area (Å²) in [5.41, 5.74) is 1.65. The van der Waals surface area contributed by atoms with Gasteiger partial charge in [0, 0.05) is 22.5 Å². The van der Waals surface area contributed by atoms with Crippen LogP contribution in [0.5, 0.6) is 0 Å². The van der Waals surface area contributed by atoms with Crippen molar-refractivity contribution in [2.75, 3.05) is 5.32 Å². The second-order valence-electron chi connectivity index (χ2n) is 4.79. The van der Waals surface area contributed by atoms with Crippen LogP contribution in [0.4, 0.5) is 11.5 Å². The van der Waals surface area contributed by atoms with Crippen molar-refractivity contribution in [3.05, 3.63) is 71.4 Å². The highest BCUT2D eigenvalue weighted by Crippen LogP contribution is 2.22. The van der Waals surface area contributed by atoms with Gasteiger partial charge in [-0.15, -0.1) is 0 Å². The summed E-state index contributed by atoms with van der Waals surface area (Å²) in [7, 11) is 0. The molecule has 3 aromatic rings.